The Bertz CT molecular complexity index is 962. The molecule has 3 aromatic rings. The van der Waals surface area contributed by atoms with Crippen LogP contribution in [0.1, 0.15) is 21.6 Å². The Morgan fingerprint density at radius 1 is 1.15 bits per heavy atom. The topological polar surface area (TPSA) is 88.6 Å². The van der Waals surface area contributed by atoms with Crippen LogP contribution in [0, 0.1) is 6.92 Å². The lowest BCUT2D eigenvalue weighted by Gasteiger charge is -2.09. The number of aromatic amines is 1. The summed E-state index contributed by atoms with van der Waals surface area (Å²) in [5.41, 5.74) is 6.26. The maximum absolute atomic E-state index is 12.3. The summed E-state index contributed by atoms with van der Waals surface area (Å²) in [6, 6.07) is 15.0. The van der Waals surface area contributed by atoms with E-state index in [0.29, 0.717) is 28.5 Å². The molecule has 3 rings (SSSR count). The molecule has 0 saturated heterocycles. The number of methoxy groups -OCH3 is 2. The highest BCUT2D eigenvalue weighted by Crippen LogP contribution is 2.29. The number of nitrogens with zero attached hydrogens (tertiary/aromatic N) is 2. The minimum Gasteiger partial charge on any atom is -0.493 e. The summed E-state index contributed by atoms with van der Waals surface area (Å²) in [6.07, 6.45) is 1.50. The van der Waals surface area contributed by atoms with E-state index in [1.165, 1.54) is 6.21 Å². The Balaban J connectivity index is 1.70. The number of H-pyrrole nitrogens is 1. The fourth-order valence-electron chi connectivity index (χ4n) is 2.54. The molecule has 1 aromatic heterocycles. The van der Waals surface area contributed by atoms with Gasteiger partial charge in [0, 0.05) is 11.1 Å². The number of hydrogen-bond donors (Lipinski definition) is 2. The van der Waals surface area contributed by atoms with E-state index < -0.39 is 0 Å². The lowest BCUT2D eigenvalue weighted by molar-refractivity contribution is 0.0950. The summed E-state index contributed by atoms with van der Waals surface area (Å²) in [6.45, 7) is 2.02. The molecule has 2 N–H and O–H groups in total. The first-order valence-corrected chi connectivity index (χ1v) is 8.29. The summed E-state index contributed by atoms with van der Waals surface area (Å²) in [5.74, 6) is 0.740. The smallest absolute Gasteiger partial charge is 0.289 e. The zero-order valence-corrected chi connectivity index (χ0v) is 15.3. The van der Waals surface area contributed by atoms with Gasteiger partial charge in [-0.25, -0.2) is 5.43 Å². The molecule has 0 unspecified atom stereocenters. The van der Waals surface area contributed by atoms with Gasteiger partial charge < -0.3 is 9.47 Å². The number of carbonyl (C=O) groups is 1. The number of nitrogens with one attached hydrogen (secondary N) is 2. The molecule has 2 aromatic carbocycles. The number of carbonyl (C=O) groups excluding carboxylic acids is 1. The van der Waals surface area contributed by atoms with Gasteiger partial charge in [-0.2, -0.15) is 10.2 Å². The van der Waals surface area contributed by atoms with Gasteiger partial charge in [-0.05, 0) is 25.1 Å². The molecule has 0 spiro atoms. The number of hydrogen-bond acceptors (Lipinski definition) is 5. The number of hydrazone groups is 1. The van der Waals surface area contributed by atoms with E-state index in [2.05, 4.69) is 20.7 Å². The summed E-state index contributed by atoms with van der Waals surface area (Å²) >= 11 is 0. The number of ether oxygens (including phenoxy) is 2. The Kier molecular flexibility index (Phi) is 5.51. The second-order valence-electron chi connectivity index (χ2n) is 5.81. The normalized spacial score (nSPS) is 10.8. The van der Waals surface area contributed by atoms with Crippen molar-refractivity contribution in [1.82, 2.24) is 15.6 Å². The molecular formula is C20H20N4O3. The van der Waals surface area contributed by atoms with Crippen molar-refractivity contribution in [3.63, 3.8) is 0 Å². The molecule has 0 aliphatic carbocycles. The second kappa shape index (κ2) is 8.18. The van der Waals surface area contributed by atoms with Gasteiger partial charge in [0.15, 0.2) is 11.5 Å². The molecule has 0 radical (unpaired) electrons. The fraction of sp³-hybridized carbons (Fsp3) is 0.150. The monoisotopic (exact) mass is 364 g/mol. The van der Waals surface area contributed by atoms with Crippen molar-refractivity contribution in [2.24, 2.45) is 5.10 Å². The predicted octanol–water partition coefficient (Wildman–Crippen LogP) is 3.17. The maximum Gasteiger partial charge on any atom is 0.289 e. The van der Waals surface area contributed by atoms with Crippen molar-refractivity contribution < 1.29 is 14.3 Å². The lowest BCUT2D eigenvalue weighted by Crippen LogP contribution is -2.18. The van der Waals surface area contributed by atoms with Crippen molar-refractivity contribution in [2.45, 2.75) is 6.92 Å². The van der Waals surface area contributed by atoms with Gasteiger partial charge in [-0.1, -0.05) is 35.9 Å². The quantitative estimate of drug-likeness (QED) is 0.519. The molecule has 0 saturated carbocycles. The minimum atomic E-state index is -0.390. The van der Waals surface area contributed by atoms with Crippen molar-refractivity contribution >= 4 is 12.1 Å². The molecule has 1 heterocycles. The van der Waals surface area contributed by atoms with Crippen LogP contribution in [0.5, 0.6) is 11.5 Å². The van der Waals surface area contributed by atoms with Crippen molar-refractivity contribution in [3.8, 4) is 22.8 Å². The van der Waals surface area contributed by atoms with Gasteiger partial charge in [0.2, 0.25) is 0 Å². The fourth-order valence-corrected chi connectivity index (χ4v) is 2.54. The van der Waals surface area contributed by atoms with E-state index in [1.54, 1.807) is 26.4 Å². The average Bonchev–Trinajstić information content (AvgIpc) is 3.18. The van der Waals surface area contributed by atoms with Gasteiger partial charge in [0.05, 0.1) is 26.1 Å². The third-order valence-corrected chi connectivity index (χ3v) is 3.97. The van der Waals surface area contributed by atoms with E-state index in [9.17, 15) is 4.79 Å². The molecule has 0 fully saturated rings. The van der Waals surface area contributed by atoms with Gasteiger partial charge in [-0.3, -0.25) is 9.89 Å². The Labute approximate surface area is 157 Å². The van der Waals surface area contributed by atoms with Gasteiger partial charge >= 0.3 is 0 Å². The summed E-state index contributed by atoms with van der Waals surface area (Å²) in [7, 11) is 3.11. The third kappa shape index (κ3) is 4.14. The van der Waals surface area contributed by atoms with Crippen molar-refractivity contribution in [3.05, 3.63) is 65.4 Å². The summed E-state index contributed by atoms with van der Waals surface area (Å²) in [4.78, 5) is 12.3. The van der Waals surface area contributed by atoms with Crippen LogP contribution in [0.25, 0.3) is 11.3 Å². The van der Waals surface area contributed by atoms with Crippen LogP contribution < -0.4 is 14.9 Å². The molecule has 138 valence electrons. The predicted molar refractivity (Wildman–Crippen MR) is 103 cm³/mol. The minimum absolute atomic E-state index is 0.320. The first-order chi connectivity index (χ1) is 13.1. The third-order valence-electron chi connectivity index (χ3n) is 3.97. The van der Waals surface area contributed by atoms with Gasteiger partial charge in [0.1, 0.15) is 5.69 Å². The van der Waals surface area contributed by atoms with E-state index >= 15 is 0 Å². The lowest BCUT2D eigenvalue weighted by atomic mass is 10.1. The average molecular weight is 364 g/mol. The van der Waals surface area contributed by atoms with E-state index in [4.69, 9.17) is 9.47 Å². The Morgan fingerprint density at radius 2 is 1.93 bits per heavy atom. The van der Waals surface area contributed by atoms with Crippen LogP contribution in [-0.4, -0.2) is 36.5 Å². The second-order valence-corrected chi connectivity index (χ2v) is 5.81. The highest BCUT2D eigenvalue weighted by Gasteiger charge is 2.11. The number of para-hydroxylation sites is 1. The molecule has 7 nitrogen and oxygen atoms in total. The van der Waals surface area contributed by atoms with Crippen LogP contribution in [-0.2, 0) is 0 Å². The van der Waals surface area contributed by atoms with Gasteiger partial charge in [0.25, 0.3) is 5.91 Å². The number of rotatable bonds is 6. The van der Waals surface area contributed by atoms with Crippen LogP contribution in [0.4, 0.5) is 0 Å². The first-order valence-electron chi connectivity index (χ1n) is 8.29. The van der Waals surface area contributed by atoms with Gasteiger partial charge in [-0.15, -0.1) is 0 Å². The summed E-state index contributed by atoms with van der Waals surface area (Å²) < 4.78 is 10.6. The highest BCUT2D eigenvalue weighted by molar-refractivity contribution is 5.94. The SMILES string of the molecule is COc1cccc(/C=N/NC(=O)c2cc(-c3ccc(C)cc3)n[nH]2)c1OC. The number of benzene rings is 2. The number of amides is 1. The Hall–Kier alpha value is -3.61. The molecule has 0 aliphatic rings. The molecule has 0 aliphatic heterocycles. The highest BCUT2D eigenvalue weighted by atomic mass is 16.5. The van der Waals surface area contributed by atoms with E-state index in [-0.39, 0.29) is 5.91 Å². The molecular weight excluding hydrogens is 344 g/mol. The van der Waals surface area contributed by atoms with Crippen LogP contribution in [0.3, 0.4) is 0 Å². The van der Waals surface area contributed by atoms with Crippen molar-refractivity contribution in [2.75, 3.05) is 14.2 Å². The zero-order valence-electron chi connectivity index (χ0n) is 15.3. The molecule has 1 amide bonds. The maximum atomic E-state index is 12.3. The first kappa shape index (κ1) is 18.2. The van der Waals surface area contributed by atoms with Crippen LogP contribution in [0.15, 0.2) is 53.6 Å². The van der Waals surface area contributed by atoms with Crippen LogP contribution >= 0.6 is 0 Å². The van der Waals surface area contributed by atoms with Crippen LogP contribution in [0.2, 0.25) is 0 Å². The molecule has 27 heavy (non-hydrogen) atoms. The standard InChI is InChI=1S/C20H20N4O3/c1-13-7-9-14(10-8-13)16-11-17(23-22-16)20(25)24-21-12-15-5-4-6-18(26-2)19(15)27-3/h4-12H,1-3H3,(H,22,23)(H,24,25)/b21-12+. The largest absolute Gasteiger partial charge is 0.493 e. The molecule has 0 atom stereocenters. The van der Waals surface area contributed by atoms with E-state index in [1.807, 2.05) is 43.3 Å². The number of aryl methyl sites for hydroxylation is 1. The van der Waals surface area contributed by atoms with E-state index in [0.717, 1.165) is 11.1 Å². The Morgan fingerprint density at radius 3 is 2.63 bits per heavy atom. The zero-order chi connectivity index (χ0) is 19.2. The van der Waals surface area contributed by atoms with Crippen molar-refractivity contribution in [1.29, 1.82) is 0 Å². The molecule has 7 heteroatoms. The summed E-state index contributed by atoms with van der Waals surface area (Å²) in [5, 5.41) is 10.9. The number of aromatic nitrogens is 2. The molecule has 0 bridgehead atoms.